The molecular formula is C12H16ClFN2O. The molecule has 0 aliphatic heterocycles. The average Bonchev–Trinajstić information content (AvgIpc) is 2.68. The fourth-order valence-electron chi connectivity index (χ4n) is 2.08. The van der Waals surface area contributed by atoms with Crippen LogP contribution < -0.4 is 11.1 Å². The minimum absolute atomic E-state index is 0. The number of nitrogens with one attached hydrogen (secondary N) is 1. The summed E-state index contributed by atoms with van der Waals surface area (Å²) in [5.74, 6) is -0.475. The van der Waals surface area contributed by atoms with Gasteiger partial charge in [0.2, 0.25) is 5.91 Å². The van der Waals surface area contributed by atoms with Gasteiger partial charge in [0.1, 0.15) is 5.82 Å². The molecule has 1 aromatic rings. The Bertz CT molecular complexity index is 383. The summed E-state index contributed by atoms with van der Waals surface area (Å²) in [6, 6.07) is 5.70. The van der Waals surface area contributed by atoms with Gasteiger partial charge in [0.05, 0.1) is 5.92 Å². The van der Waals surface area contributed by atoms with Crippen LogP contribution in [-0.2, 0) is 4.79 Å². The SMILES string of the molecule is Cl.NC1CCCC1C(=O)Nc1ccc(F)cc1. The Balaban J connectivity index is 0.00000144. The van der Waals surface area contributed by atoms with E-state index < -0.39 is 0 Å². The molecular weight excluding hydrogens is 243 g/mol. The number of amides is 1. The predicted octanol–water partition coefficient (Wildman–Crippen LogP) is 2.31. The van der Waals surface area contributed by atoms with Gasteiger partial charge < -0.3 is 11.1 Å². The lowest BCUT2D eigenvalue weighted by Crippen LogP contribution is -2.34. The number of nitrogens with two attached hydrogens (primary N) is 1. The number of anilines is 1. The molecule has 0 heterocycles. The van der Waals surface area contributed by atoms with Gasteiger partial charge in [-0.2, -0.15) is 0 Å². The number of hydrogen-bond donors (Lipinski definition) is 2. The van der Waals surface area contributed by atoms with E-state index in [4.69, 9.17) is 5.73 Å². The molecule has 1 fully saturated rings. The zero-order valence-corrected chi connectivity index (χ0v) is 10.2. The largest absolute Gasteiger partial charge is 0.327 e. The maximum atomic E-state index is 12.7. The van der Waals surface area contributed by atoms with Crippen molar-refractivity contribution in [2.24, 2.45) is 11.7 Å². The van der Waals surface area contributed by atoms with E-state index in [1.54, 1.807) is 12.1 Å². The minimum atomic E-state index is -0.310. The average molecular weight is 259 g/mol. The summed E-state index contributed by atoms with van der Waals surface area (Å²) >= 11 is 0. The van der Waals surface area contributed by atoms with E-state index in [2.05, 4.69) is 5.32 Å². The fourth-order valence-corrected chi connectivity index (χ4v) is 2.08. The van der Waals surface area contributed by atoms with Crippen molar-refractivity contribution in [3.05, 3.63) is 30.1 Å². The molecule has 0 bridgehead atoms. The van der Waals surface area contributed by atoms with Crippen LogP contribution in [0.4, 0.5) is 10.1 Å². The maximum Gasteiger partial charge on any atom is 0.229 e. The summed E-state index contributed by atoms with van der Waals surface area (Å²) in [5, 5.41) is 2.76. The van der Waals surface area contributed by atoms with Gasteiger partial charge in [0.15, 0.2) is 0 Å². The van der Waals surface area contributed by atoms with Crippen LogP contribution in [0, 0.1) is 11.7 Å². The molecule has 1 saturated carbocycles. The number of carbonyl (C=O) groups excluding carboxylic acids is 1. The molecule has 0 spiro atoms. The Labute approximate surface area is 106 Å². The first-order valence-electron chi connectivity index (χ1n) is 5.49. The van der Waals surface area contributed by atoms with E-state index in [0.29, 0.717) is 5.69 Å². The zero-order chi connectivity index (χ0) is 11.5. The molecule has 3 nitrogen and oxygen atoms in total. The highest BCUT2D eigenvalue weighted by molar-refractivity contribution is 5.93. The van der Waals surface area contributed by atoms with Crippen molar-refractivity contribution >= 4 is 24.0 Å². The summed E-state index contributed by atoms with van der Waals surface area (Å²) in [5.41, 5.74) is 6.45. The van der Waals surface area contributed by atoms with Crippen molar-refractivity contribution in [2.45, 2.75) is 25.3 Å². The van der Waals surface area contributed by atoms with Crippen LogP contribution in [0.5, 0.6) is 0 Å². The summed E-state index contributed by atoms with van der Waals surface area (Å²) < 4.78 is 12.7. The molecule has 5 heteroatoms. The summed E-state index contributed by atoms with van der Waals surface area (Å²) in [4.78, 5) is 11.8. The number of carbonyl (C=O) groups is 1. The molecule has 1 amide bonds. The lowest BCUT2D eigenvalue weighted by Gasteiger charge is -2.14. The normalized spacial score (nSPS) is 22.9. The molecule has 94 valence electrons. The maximum absolute atomic E-state index is 12.7. The minimum Gasteiger partial charge on any atom is -0.327 e. The number of hydrogen-bond acceptors (Lipinski definition) is 2. The van der Waals surface area contributed by atoms with Crippen LogP contribution in [0.2, 0.25) is 0 Å². The monoisotopic (exact) mass is 258 g/mol. The van der Waals surface area contributed by atoms with Crippen LogP contribution in [0.25, 0.3) is 0 Å². The standard InChI is InChI=1S/C12H15FN2O.ClH/c13-8-4-6-9(7-5-8)15-12(16)10-2-1-3-11(10)14;/h4-7,10-11H,1-3,14H2,(H,15,16);1H. The van der Waals surface area contributed by atoms with Gasteiger partial charge in [-0.15, -0.1) is 12.4 Å². The lowest BCUT2D eigenvalue weighted by molar-refractivity contribution is -0.120. The highest BCUT2D eigenvalue weighted by Gasteiger charge is 2.30. The number of benzene rings is 1. The number of halogens is 2. The molecule has 0 aromatic heterocycles. The zero-order valence-electron chi connectivity index (χ0n) is 9.36. The van der Waals surface area contributed by atoms with Gasteiger partial charge in [-0.05, 0) is 37.1 Å². The Morgan fingerprint density at radius 3 is 2.47 bits per heavy atom. The van der Waals surface area contributed by atoms with Gasteiger partial charge in [-0.25, -0.2) is 4.39 Å². The van der Waals surface area contributed by atoms with Crippen LogP contribution in [0.15, 0.2) is 24.3 Å². The first-order valence-corrected chi connectivity index (χ1v) is 5.49. The fraction of sp³-hybridized carbons (Fsp3) is 0.417. The molecule has 1 aromatic carbocycles. The van der Waals surface area contributed by atoms with Gasteiger partial charge in [0, 0.05) is 11.7 Å². The second kappa shape index (κ2) is 5.98. The van der Waals surface area contributed by atoms with Crippen LogP contribution in [0.1, 0.15) is 19.3 Å². The van der Waals surface area contributed by atoms with Crippen molar-refractivity contribution in [3.63, 3.8) is 0 Å². The Kier molecular flexibility index (Phi) is 4.90. The molecule has 2 atom stereocenters. The molecule has 2 rings (SSSR count). The summed E-state index contributed by atoms with van der Waals surface area (Å²) in [6.45, 7) is 0. The molecule has 1 aliphatic rings. The number of rotatable bonds is 2. The van der Waals surface area contributed by atoms with E-state index in [-0.39, 0.29) is 36.1 Å². The second-order valence-corrected chi connectivity index (χ2v) is 4.20. The Hall–Kier alpha value is -1.13. The third-order valence-corrected chi connectivity index (χ3v) is 3.02. The topological polar surface area (TPSA) is 55.1 Å². The predicted molar refractivity (Wildman–Crippen MR) is 67.6 cm³/mol. The van der Waals surface area contributed by atoms with Crippen molar-refractivity contribution in [3.8, 4) is 0 Å². The van der Waals surface area contributed by atoms with Gasteiger partial charge in [0.25, 0.3) is 0 Å². The molecule has 3 N–H and O–H groups in total. The Morgan fingerprint density at radius 1 is 1.29 bits per heavy atom. The first-order chi connectivity index (χ1) is 7.66. The summed E-state index contributed by atoms with van der Waals surface area (Å²) in [7, 11) is 0. The second-order valence-electron chi connectivity index (χ2n) is 4.20. The third-order valence-electron chi connectivity index (χ3n) is 3.02. The highest BCUT2D eigenvalue weighted by Crippen LogP contribution is 2.25. The molecule has 0 radical (unpaired) electrons. The molecule has 0 saturated heterocycles. The van der Waals surface area contributed by atoms with E-state index in [1.807, 2.05) is 0 Å². The smallest absolute Gasteiger partial charge is 0.229 e. The molecule has 2 unspecified atom stereocenters. The third kappa shape index (κ3) is 3.41. The van der Waals surface area contributed by atoms with Crippen LogP contribution in [-0.4, -0.2) is 11.9 Å². The highest BCUT2D eigenvalue weighted by atomic mass is 35.5. The quantitative estimate of drug-likeness (QED) is 0.855. The molecule has 17 heavy (non-hydrogen) atoms. The van der Waals surface area contributed by atoms with Crippen molar-refractivity contribution < 1.29 is 9.18 Å². The van der Waals surface area contributed by atoms with Crippen LogP contribution in [0.3, 0.4) is 0 Å². The van der Waals surface area contributed by atoms with Gasteiger partial charge in [-0.3, -0.25) is 4.79 Å². The first kappa shape index (κ1) is 13.9. The van der Waals surface area contributed by atoms with Gasteiger partial charge in [-0.1, -0.05) is 6.42 Å². The van der Waals surface area contributed by atoms with Gasteiger partial charge >= 0.3 is 0 Å². The van der Waals surface area contributed by atoms with Crippen LogP contribution >= 0.6 is 12.4 Å². The van der Waals surface area contributed by atoms with E-state index in [0.717, 1.165) is 19.3 Å². The van der Waals surface area contributed by atoms with Crippen molar-refractivity contribution in [1.82, 2.24) is 0 Å². The van der Waals surface area contributed by atoms with E-state index in [9.17, 15) is 9.18 Å². The summed E-state index contributed by atoms with van der Waals surface area (Å²) in [6.07, 6.45) is 2.75. The van der Waals surface area contributed by atoms with E-state index >= 15 is 0 Å². The lowest BCUT2D eigenvalue weighted by atomic mass is 10.0. The molecule has 1 aliphatic carbocycles. The van der Waals surface area contributed by atoms with Crippen molar-refractivity contribution in [2.75, 3.05) is 5.32 Å². The van der Waals surface area contributed by atoms with E-state index in [1.165, 1.54) is 12.1 Å². The Morgan fingerprint density at radius 2 is 1.94 bits per heavy atom. The van der Waals surface area contributed by atoms with Crippen molar-refractivity contribution in [1.29, 1.82) is 0 Å².